The summed E-state index contributed by atoms with van der Waals surface area (Å²) in [5, 5.41) is 5.58. The summed E-state index contributed by atoms with van der Waals surface area (Å²) < 4.78 is 4.04. The van der Waals surface area contributed by atoms with Crippen molar-refractivity contribution in [3.8, 4) is 0 Å². The van der Waals surface area contributed by atoms with Gasteiger partial charge in [0, 0.05) is 6.54 Å². The maximum Gasteiger partial charge on any atom is 0.180 e. The molecular weight excluding hydrogens is 332 g/mol. The minimum Gasteiger partial charge on any atom is -0.275 e. The lowest BCUT2D eigenvalue weighted by Crippen LogP contribution is -2.35. The Labute approximate surface area is 142 Å². The van der Waals surface area contributed by atoms with E-state index in [2.05, 4.69) is 34.3 Å². The summed E-state index contributed by atoms with van der Waals surface area (Å²) in [4.78, 5) is 7.33. The van der Waals surface area contributed by atoms with Crippen LogP contribution in [0.25, 0.3) is 10.2 Å². The highest BCUT2D eigenvalue weighted by molar-refractivity contribution is 7.73. The van der Waals surface area contributed by atoms with E-state index in [1.54, 1.807) is 0 Å². The molecule has 1 saturated heterocycles. The van der Waals surface area contributed by atoms with Crippen LogP contribution < -0.4 is 0 Å². The summed E-state index contributed by atoms with van der Waals surface area (Å²) in [5.41, 5.74) is 2.93. The van der Waals surface area contributed by atoms with Crippen molar-refractivity contribution in [3.63, 3.8) is 0 Å². The molecule has 0 aliphatic carbocycles. The Morgan fingerprint density at radius 2 is 2.18 bits per heavy atom. The number of piperidine rings is 1. The van der Waals surface area contributed by atoms with Crippen molar-refractivity contribution in [2.45, 2.75) is 32.0 Å². The molecule has 1 fully saturated rings. The molecule has 0 radical (unpaired) electrons. The Morgan fingerprint density at radius 3 is 3.00 bits per heavy atom. The molecule has 0 N–H and O–H groups in total. The van der Waals surface area contributed by atoms with Gasteiger partial charge in [-0.2, -0.15) is 5.10 Å². The quantitative estimate of drug-likeness (QED) is 0.654. The van der Waals surface area contributed by atoms with Crippen molar-refractivity contribution in [3.05, 3.63) is 38.7 Å². The van der Waals surface area contributed by atoms with Crippen LogP contribution in [-0.4, -0.2) is 26.2 Å². The van der Waals surface area contributed by atoms with Gasteiger partial charge in [0.15, 0.2) is 3.95 Å². The Hall–Kier alpha value is -1.15. The number of para-hydroxylation sites is 1. The molecule has 114 valence electrons. The van der Waals surface area contributed by atoms with Gasteiger partial charge in [-0.3, -0.25) is 4.90 Å². The van der Waals surface area contributed by atoms with Gasteiger partial charge in [0.2, 0.25) is 0 Å². The Bertz CT molecular complexity index is 801. The second-order valence-electron chi connectivity index (χ2n) is 5.49. The van der Waals surface area contributed by atoms with Gasteiger partial charge in [0.05, 0.1) is 22.9 Å². The van der Waals surface area contributed by atoms with Crippen molar-refractivity contribution in [2.75, 3.05) is 6.54 Å². The predicted molar refractivity (Wildman–Crippen MR) is 93.9 cm³/mol. The van der Waals surface area contributed by atoms with Gasteiger partial charge in [-0.15, -0.1) is 11.3 Å². The molecule has 3 aromatic rings. The first-order valence-electron chi connectivity index (χ1n) is 7.41. The first-order valence-corrected chi connectivity index (χ1v) is 9.52. The van der Waals surface area contributed by atoms with Gasteiger partial charge in [0.1, 0.15) is 10.5 Å². The van der Waals surface area contributed by atoms with Crippen LogP contribution in [0.4, 0.5) is 0 Å². The van der Waals surface area contributed by atoms with E-state index in [1.807, 2.05) is 21.5 Å². The zero-order valence-electron chi connectivity index (χ0n) is 12.0. The minimum atomic E-state index is 0.384. The highest BCUT2D eigenvalue weighted by atomic mass is 32.1. The van der Waals surface area contributed by atoms with E-state index < -0.39 is 0 Å². The van der Waals surface area contributed by atoms with Crippen LogP contribution in [-0.2, 0) is 6.67 Å². The van der Waals surface area contributed by atoms with Gasteiger partial charge in [-0.1, -0.05) is 29.9 Å². The number of hydrogen-bond acceptors (Lipinski definition) is 6. The minimum absolute atomic E-state index is 0.384. The smallest absolute Gasteiger partial charge is 0.180 e. The maximum absolute atomic E-state index is 5.34. The molecule has 7 heteroatoms. The Balaban J connectivity index is 1.65. The molecule has 0 saturated carbocycles. The lowest BCUT2D eigenvalue weighted by atomic mass is 10.0. The van der Waals surface area contributed by atoms with E-state index in [0.29, 0.717) is 6.04 Å². The van der Waals surface area contributed by atoms with Crippen LogP contribution in [0.2, 0.25) is 0 Å². The lowest BCUT2D eigenvalue weighted by molar-refractivity contribution is 0.104. The summed E-state index contributed by atoms with van der Waals surface area (Å²) in [6, 6.07) is 8.77. The normalized spacial score (nSPS) is 19.7. The third-order valence-electron chi connectivity index (χ3n) is 4.08. The molecule has 0 amide bonds. The average Bonchev–Trinajstić information content (AvgIpc) is 3.14. The van der Waals surface area contributed by atoms with Gasteiger partial charge in [-0.25, -0.2) is 9.67 Å². The molecule has 22 heavy (non-hydrogen) atoms. The zero-order chi connectivity index (χ0) is 14.9. The average molecular weight is 349 g/mol. The third-order valence-corrected chi connectivity index (χ3v) is 6.32. The fourth-order valence-corrected chi connectivity index (χ4v) is 4.82. The standard InChI is InChI=1S/C15H16N4S3/c20-15-19(16-9-21-15)10-18-8-4-3-6-12(18)14-17-11-5-1-2-7-13(11)22-14/h1-2,5,7,9,12H,3-4,6,8,10H2/t12-/m1/s1. The molecule has 0 bridgehead atoms. The first-order chi connectivity index (χ1) is 10.8. The van der Waals surface area contributed by atoms with E-state index in [-0.39, 0.29) is 0 Å². The summed E-state index contributed by atoms with van der Waals surface area (Å²) in [5.74, 6) is 0. The number of aromatic nitrogens is 3. The van der Waals surface area contributed by atoms with Crippen LogP contribution in [0.1, 0.15) is 30.3 Å². The van der Waals surface area contributed by atoms with Crippen molar-refractivity contribution in [1.82, 2.24) is 19.7 Å². The molecular formula is C15H16N4S3. The van der Waals surface area contributed by atoms with Gasteiger partial charge in [0.25, 0.3) is 0 Å². The molecule has 1 aliphatic heterocycles. The van der Waals surface area contributed by atoms with E-state index in [9.17, 15) is 0 Å². The molecule has 1 aromatic carbocycles. The lowest BCUT2D eigenvalue weighted by Gasteiger charge is -2.34. The molecule has 2 aromatic heterocycles. The van der Waals surface area contributed by atoms with Crippen LogP contribution in [0.15, 0.2) is 29.8 Å². The predicted octanol–water partition coefficient (Wildman–Crippen LogP) is 4.47. The number of benzene rings is 1. The highest BCUT2D eigenvalue weighted by Crippen LogP contribution is 2.35. The topological polar surface area (TPSA) is 34.0 Å². The molecule has 4 nitrogen and oxygen atoms in total. The summed E-state index contributed by atoms with van der Waals surface area (Å²) in [6.07, 6.45) is 3.66. The molecule has 3 heterocycles. The first kappa shape index (κ1) is 14.4. The number of rotatable bonds is 3. The second-order valence-corrected chi connectivity index (χ2v) is 8.03. The SMILES string of the molecule is S=c1scnn1CN1CCCC[C@@H]1c1nc2ccccc2s1. The largest absolute Gasteiger partial charge is 0.275 e. The fourth-order valence-electron chi connectivity index (χ4n) is 2.97. The maximum atomic E-state index is 5.34. The monoisotopic (exact) mass is 348 g/mol. The number of fused-ring (bicyclic) bond motifs is 1. The van der Waals surface area contributed by atoms with Gasteiger partial charge >= 0.3 is 0 Å². The summed E-state index contributed by atoms with van der Waals surface area (Å²) in [7, 11) is 0. The number of thiazole rings is 1. The van der Waals surface area contributed by atoms with Crippen molar-refractivity contribution in [1.29, 1.82) is 0 Å². The molecule has 1 aliphatic rings. The van der Waals surface area contributed by atoms with E-state index >= 15 is 0 Å². The van der Waals surface area contributed by atoms with Crippen LogP contribution in [0, 0.1) is 3.95 Å². The van der Waals surface area contributed by atoms with Gasteiger partial charge < -0.3 is 0 Å². The third kappa shape index (κ3) is 2.74. The Kier molecular flexibility index (Phi) is 4.04. The van der Waals surface area contributed by atoms with Crippen molar-refractivity contribution in [2.24, 2.45) is 0 Å². The van der Waals surface area contributed by atoms with E-state index in [0.717, 1.165) is 29.1 Å². The molecule has 0 unspecified atom stereocenters. The van der Waals surface area contributed by atoms with Crippen molar-refractivity contribution < 1.29 is 0 Å². The summed E-state index contributed by atoms with van der Waals surface area (Å²) >= 11 is 8.68. The van der Waals surface area contributed by atoms with E-state index in [1.165, 1.54) is 33.9 Å². The second kappa shape index (κ2) is 6.16. The highest BCUT2D eigenvalue weighted by Gasteiger charge is 2.27. The molecule has 1 atom stereocenters. The summed E-state index contributed by atoms with van der Waals surface area (Å²) in [6.45, 7) is 1.85. The number of nitrogens with zero attached hydrogens (tertiary/aromatic N) is 4. The van der Waals surface area contributed by atoms with Crippen molar-refractivity contribution >= 4 is 45.1 Å². The molecule has 4 rings (SSSR count). The number of likely N-dealkylation sites (tertiary alicyclic amines) is 1. The van der Waals surface area contributed by atoms with Crippen LogP contribution >= 0.6 is 34.9 Å². The fraction of sp³-hybridized carbons (Fsp3) is 0.400. The Morgan fingerprint density at radius 1 is 1.27 bits per heavy atom. The van der Waals surface area contributed by atoms with Gasteiger partial charge in [-0.05, 0) is 37.2 Å². The van der Waals surface area contributed by atoms with Crippen LogP contribution in [0.5, 0.6) is 0 Å². The van der Waals surface area contributed by atoms with E-state index in [4.69, 9.17) is 17.2 Å². The molecule has 0 spiro atoms. The zero-order valence-corrected chi connectivity index (χ0v) is 14.5. The number of hydrogen-bond donors (Lipinski definition) is 0. The van der Waals surface area contributed by atoms with Crippen LogP contribution in [0.3, 0.4) is 0 Å².